The molecule has 0 amide bonds. The summed E-state index contributed by atoms with van der Waals surface area (Å²) in [6.45, 7) is 0.229. The molecule has 0 radical (unpaired) electrons. The quantitative estimate of drug-likeness (QED) is 0.679. The topological polar surface area (TPSA) is 65.6 Å². The van der Waals surface area contributed by atoms with Crippen molar-refractivity contribution in [1.82, 2.24) is 24.8 Å². The first kappa shape index (κ1) is 9.85. The lowest BCUT2D eigenvalue weighted by Crippen LogP contribution is -2.20. The van der Waals surface area contributed by atoms with Crippen molar-refractivity contribution in [2.75, 3.05) is 0 Å². The van der Waals surface area contributed by atoms with Gasteiger partial charge in [0.15, 0.2) is 5.82 Å². The number of aromatic nitrogens is 5. The summed E-state index contributed by atoms with van der Waals surface area (Å²) in [4.78, 5) is 12.8. The Morgan fingerprint density at radius 3 is 2.87 bits per heavy atom. The van der Waals surface area contributed by atoms with E-state index in [1.165, 1.54) is 15.4 Å². The fourth-order valence-electron chi connectivity index (χ4n) is 1.18. The van der Waals surface area contributed by atoms with Gasteiger partial charge in [-0.25, -0.2) is 0 Å². The number of nitrogens with zero attached hydrogens (tertiary/aromatic N) is 5. The summed E-state index contributed by atoms with van der Waals surface area (Å²) in [7, 11) is 1.66. The Bertz CT molecular complexity index is 532. The number of hydrogen-bond acceptors (Lipinski definition) is 4. The summed E-state index contributed by atoms with van der Waals surface area (Å²) in [6, 6.07) is 4.67. The number of aryl methyl sites for hydroxylation is 1. The molecule has 0 N–H and O–H groups in total. The Morgan fingerprint density at radius 1 is 1.47 bits per heavy atom. The summed E-state index contributed by atoms with van der Waals surface area (Å²) < 4.78 is 1.37. The number of tetrazole rings is 1. The molecule has 15 heavy (non-hydrogen) atoms. The zero-order valence-electron chi connectivity index (χ0n) is 7.96. The summed E-state index contributed by atoms with van der Waals surface area (Å²) in [5.74, 6) is 0.452. The average molecular weight is 226 g/mol. The minimum atomic E-state index is -0.185. The Hall–Kier alpha value is -1.69. The van der Waals surface area contributed by atoms with Gasteiger partial charge in [-0.2, -0.15) is 4.80 Å². The van der Waals surface area contributed by atoms with Crippen LogP contribution in [-0.2, 0) is 13.6 Å². The number of hydrogen-bond donors (Lipinski definition) is 0. The van der Waals surface area contributed by atoms with Gasteiger partial charge in [0.25, 0.3) is 5.56 Å². The maximum atomic E-state index is 11.4. The molecule has 0 aliphatic carbocycles. The van der Waals surface area contributed by atoms with Gasteiger partial charge in [-0.1, -0.05) is 17.7 Å². The highest BCUT2D eigenvalue weighted by molar-refractivity contribution is 6.29. The number of rotatable bonds is 2. The van der Waals surface area contributed by atoms with Crippen LogP contribution in [0.2, 0.25) is 5.15 Å². The zero-order valence-corrected chi connectivity index (χ0v) is 8.72. The predicted molar refractivity (Wildman–Crippen MR) is 53.6 cm³/mol. The number of pyridine rings is 1. The van der Waals surface area contributed by atoms with Crippen LogP contribution in [0, 0.1) is 0 Å². The third kappa shape index (κ3) is 2.04. The summed E-state index contributed by atoms with van der Waals surface area (Å²) >= 11 is 5.87. The maximum absolute atomic E-state index is 11.4. The lowest BCUT2D eigenvalue weighted by molar-refractivity contribution is 0.624. The van der Waals surface area contributed by atoms with Gasteiger partial charge in [0.05, 0.1) is 13.6 Å². The van der Waals surface area contributed by atoms with Crippen molar-refractivity contribution in [2.45, 2.75) is 6.54 Å². The fraction of sp³-hybridized carbons (Fsp3) is 0.250. The van der Waals surface area contributed by atoms with E-state index < -0.39 is 0 Å². The minimum Gasteiger partial charge on any atom is -0.291 e. The van der Waals surface area contributed by atoms with Crippen LogP contribution in [0.4, 0.5) is 0 Å². The molecule has 2 rings (SSSR count). The van der Waals surface area contributed by atoms with Crippen LogP contribution in [0.15, 0.2) is 23.0 Å². The van der Waals surface area contributed by atoms with Gasteiger partial charge in [-0.15, -0.1) is 10.2 Å². The van der Waals surface area contributed by atoms with E-state index in [4.69, 9.17) is 11.6 Å². The molecule has 0 fully saturated rings. The molecule has 0 atom stereocenters. The lowest BCUT2D eigenvalue weighted by Gasteiger charge is -2.03. The van der Waals surface area contributed by atoms with Gasteiger partial charge in [-0.05, 0) is 11.3 Å². The molecule has 2 heterocycles. The van der Waals surface area contributed by atoms with E-state index in [9.17, 15) is 4.79 Å². The first-order chi connectivity index (χ1) is 7.16. The monoisotopic (exact) mass is 225 g/mol. The molecule has 2 aromatic heterocycles. The van der Waals surface area contributed by atoms with Crippen LogP contribution >= 0.6 is 11.6 Å². The third-order valence-electron chi connectivity index (χ3n) is 1.85. The van der Waals surface area contributed by atoms with Crippen molar-refractivity contribution < 1.29 is 0 Å². The molecule has 0 aliphatic heterocycles. The molecule has 0 bridgehead atoms. The van der Waals surface area contributed by atoms with E-state index in [1.54, 1.807) is 19.2 Å². The first-order valence-electron chi connectivity index (χ1n) is 4.25. The molecule has 0 aromatic carbocycles. The SMILES string of the molecule is Cn1nnc(Cn2c(Cl)cccc2=O)n1. The van der Waals surface area contributed by atoms with Crippen LogP contribution < -0.4 is 5.56 Å². The van der Waals surface area contributed by atoms with E-state index in [0.29, 0.717) is 11.0 Å². The van der Waals surface area contributed by atoms with Gasteiger partial charge < -0.3 is 0 Å². The summed E-state index contributed by atoms with van der Waals surface area (Å²) in [5.41, 5.74) is -0.185. The summed E-state index contributed by atoms with van der Waals surface area (Å²) in [6.07, 6.45) is 0. The van der Waals surface area contributed by atoms with E-state index in [0.717, 1.165) is 0 Å². The highest BCUT2D eigenvalue weighted by Gasteiger charge is 2.05. The number of halogens is 1. The van der Waals surface area contributed by atoms with E-state index >= 15 is 0 Å². The van der Waals surface area contributed by atoms with Gasteiger partial charge in [0.1, 0.15) is 5.15 Å². The van der Waals surface area contributed by atoms with Crippen LogP contribution in [-0.4, -0.2) is 24.8 Å². The van der Waals surface area contributed by atoms with Crippen LogP contribution in [0.3, 0.4) is 0 Å². The molecular weight excluding hydrogens is 218 g/mol. The smallest absolute Gasteiger partial charge is 0.252 e. The second-order valence-corrected chi connectivity index (χ2v) is 3.36. The van der Waals surface area contributed by atoms with Crippen molar-refractivity contribution in [3.05, 3.63) is 39.5 Å². The largest absolute Gasteiger partial charge is 0.291 e. The van der Waals surface area contributed by atoms with Crippen molar-refractivity contribution in [3.63, 3.8) is 0 Å². The van der Waals surface area contributed by atoms with Crippen LogP contribution in [0.25, 0.3) is 0 Å². The van der Waals surface area contributed by atoms with Gasteiger partial charge in [-0.3, -0.25) is 9.36 Å². The molecule has 0 saturated heterocycles. The van der Waals surface area contributed by atoms with Gasteiger partial charge in [0.2, 0.25) is 0 Å². The van der Waals surface area contributed by atoms with Crippen molar-refractivity contribution in [3.8, 4) is 0 Å². The molecule has 2 aromatic rings. The molecule has 0 aliphatic rings. The molecular formula is C8H8ClN5O. The Kier molecular flexibility index (Phi) is 2.51. The molecule has 0 unspecified atom stereocenters. The molecule has 7 heteroatoms. The molecule has 78 valence electrons. The van der Waals surface area contributed by atoms with Crippen LogP contribution in [0.1, 0.15) is 5.82 Å². The maximum Gasteiger partial charge on any atom is 0.252 e. The first-order valence-corrected chi connectivity index (χ1v) is 4.63. The molecule has 6 nitrogen and oxygen atoms in total. The Labute approximate surface area is 90.1 Å². The predicted octanol–water partition coefficient (Wildman–Crippen LogP) is 0.0735. The third-order valence-corrected chi connectivity index (χ3v) is 2.18. The van der Waals surface area contributed by atoms with Gasteiger partial charge >= 0.3 is 0 Å². The second kappa shape index (κ2) is 3.82. The summed E-state index contributed by atoms with van der Waals surface area (Å²) in [5, 5.41) is 11.8. The molecule has 0 saturated carbocycles. The van der Waals surface area contributed by atoms with E-state index in [2.05, 4.69) is 15.4 Å². The van der Waals surface area contributed by atoms with Crippen molar-refractivity contribution in [2.24, 2.45) is 7.05 Å². The fourth-order valence-corrected chi connectivity index (χ4v) is 1.39. The molecule has 0 spiro atoms. The Morgan fingerprint density at radius 2 is 2.27 bits per heavy atom. The minimum absolute atomic E-state index is 0.185. The normalized spacial score (nSPS) is 10.5. The van der Waals surface area contributed by atoms with Gasteiger partial charge in [0, 0.05) is 6.07 Å². The highest BCUT2D eigenvalue weighted by atomic mass is 35.5. The zero-order chi connectivity index (χ0) is 10.8. The highest BCUT2D eigenvalue weighted by Crippen LogP contribution is 2.05. The Balaban J connectivity index is 2.36. The van der Waals surface area contributed by atoms with Crippen molar-refractivity contribution >= 4 is 11.6 Å². The standard InChI is InChI=1S/C8H8ClN5O/c1-13-11-7(10-12-13)5-14-6(9)3-2-4-8(14)15/h2-4H,5H2,1H3. The second-order valence-electron chi connectivity index (χ2n) is 2.97. The lowest BCUT2D eigenvalue weighted by atomic mass is 10.4. The van der Waals surface area contributed by atoms with E-state index in [-0.39, 0.29) is 12.1 Å². The van der Waals surface area contributed by atoms with Crippen molar-refractivity contribution in [1.29, 1.82) is 0 Å². The average Bonchev–Trinajstić information content (AvgIpc) is 2.58. The van der Waals surface area contributed by atoms with Crippen LogP contribution in [0.5, 0.6) is 0 Å². The van der Waals surface area contributed by atoms with E-state index in [1.807, 2.05) is 0 Å².